The topological polar surface area (TPSA) is 67.8 Å². The molecule has 3 aromatic rings. The fourth-order valence-electron chi connectivity index (χ4n) is 3.06. The van der Waals surface area contributed by atoms with Crippen LogP contribution in [0, 0.1) is 5.82 Å². The van der Waals surface area contributed by atoms with Gasteiger partial charge in [-0.2, -0.15) is 0 Å². The van der Waals surface area contributed by atoms with E-state index >= 15 is 0 Å². The predicted molar refractivity (Wildman–Crippen MR) is 122 cm³/mol. The number of rotatable bonds is 10. The fraction of sp³-hybridized carbons (Fsp3) is 0.192. The molecule has 166 valence electrons. The van der Waals surface area contributed by atoms with E-state index < -0.39 is 12.1 Å². The molecule has 0 heterocycles. The number of methoxy groups -OCH3 is 1. The maximum Gasteiger partial charge on any atom is 0.338 e. The number of aliphatic hydroxyl groups is 1. The molecule has 0 radical (unpaired) electrons. The SMILES string of the molecule is COC(=O)/C(=C/c1ccc(OCC(O)CNCc2ccccc2)cc1)c1ccc(F)cc1. The van der Waals surface area contributed by atoms with Gasteiger partial charge in [0.25, 0.3) is 0 Å². The van der Waals surface area contributed by atoms with E-state index in [-0.39, 0.29) is 12.4 Å². The van der Waals surface area contributed by atoms with E-state index in [2.05, 4.69) is 5.32 Å². The molecule has 0 aliphatic heterocycles. The number of nitrogens with one attached hydrogen (secondary N) is 1. The fourth-order valence-corrected chi connectivity index (χ4v) is 3.06. The molecule has 3 rings (SSSR count). The van der Waals surface area contributed by atoms with Crippen LogP contribution in [-0.4, -0.2) is 37.4 Å². The van der Waals surface area contributed by atoms with Gasteiger partial charge in [-0.1, -0.05) is 54.6 Å². The molecule has 3 aromatic carbocycles. The van der Waals surface area contributed by atoms with Gasteiger partial charge in [0.05, 0.1) is 12.7 Å². The van der Waals surface area contributed by atoms with Crippen LogP contribution in [0.4, 0.5) is 4.39 Å². The Kier molecular flexibility index (Phi) is 8.54. The van der Waals surface area contributed by atoms with Gasteiger partial charge in [0.15, 0.2) is 0 Å². The third-order valence-corrected chi connectivity index (χ3v) is 4.75. The van der Waals surface area contributed by atoms with Crippen LogP contribution < -0.4 is 10.1 Å². The normalized spacial score (nSPS) is 12.3. The van der Waals surface area contributed by atoms with Crippen LogP contribution in [0.2, 0.25) is 0 Å². The van der Waals surface area contributed by atoms with E-state index in [0.29, 0.717) is 30.0 Å². The van der Waals surface area contributed by atoms with Gasteiger partial charge >= 0.3 is 5.97 Å². The highest BCUT2D eigenvalue weighted by molar-refractivity contribution is 6.21. The minimum atomic E-state index is -0.650. The predicted octanol–water partition coefficient (Wildman–Crippen LogP) is 4.07. The van der Waals surface area contributed by atoms with Crippen molar-refractivity contribution in [3.63, 3.8) is 0 Å². The second-order valence-corrected chi connectivity index (χ2v) is 7.21. The summed E-state index contributed by atoms with van der Waals surface area (Å²) in [6, 6.07) is 22.7. The van der Waals surface area contributed by atoms with E-state index in [1.165, 1.54) is 31.4 Å². The zero-order chi connectivity index (χ0) is 22.8. The summed E-state index contributed by atoms with van der Waals surface area (Å²) in [5.74, 6) is -0.286. The van der Waals surface area contributed by atoms with E-state index in [1.807, 2.05) is 30.3 Å². The molecule has 32 heavy (non-hydrogen) atoms. The number of benzene rings is 3. The Labute approximate surface area is 187 Å². The minimum Gasteiger partial charge on any atom is -0.491 e. The first-order valence-electron chi connectivity index (χ1n) is 10.3. The van der Waals surface area contributed by atoms with Crippen molar-refractivity contribution >= 4 is 17.6 Å². The number of ether oxygens (including phenoxy) is 2. The van der Waals surface area contributed by atoms with Gasteiger partial charge in [-0.25, -0.2) is 9.18 Å². The first-order chi connectivity index (χ1) is 15.5. The summed E-state index contributed by atoms with van der Waals surface area (Å²) in [4.78, 5) is 12.2. The van der Waals surface area contributed by atoms with E-state index in [4.69, 9.17) is 9.47 Å². The average molecular weight is 435 g/mol. The lowest BCUT2D eigenvalue weighted by Crippen LogP contribution is -2.31. The van der Waals surface area contributed by atoms with Crippen molar-refractivity contribution in [3.05, 3.63) is 101 Å². The van der Waals surface area contributed by atoms with Crippen molar-refractivity contribution in [1.82, 2.24) is 5.32 Å². The Morgan fingerprint density at radius 1 is 1.03 bits per heavy atom. The number of carbonyl (C=O) groups excluding carboxylic acids is 1. The number of halogens is 1. The van der Waals surface area contributed by atoms with Crippen molar-refractivity contribution in [3.8, 4) is 5.75 Å². The van der Waals surface area contributed by atoms with Gasteiger partial charge in [0.2, 0.25) is 0 Å². The first kappa shape index (κ1) is 23.2. The van der Waals surface area contributed by atoms with Crippen LogP contribution in [0.3, 0.4) is 0 Å². The van der Waals surface area contributed by atoms with Crippen LogP contribution in [0.15, 0.2) is 78.9 Å². The summed E-state index contributed by atoms with van der Waals surface area (Å²) in [5, 5.41) is 13.3. The number of carbonyl (C=O) groups is 1. The van der Waals surface area contributed by atoms with Crippen LogP contribution in [-0.2, 0) is 16.1 Å². The van der Waals surface area contributed by atoms with Crippen LogP contribution in [0.25, 0.3) is 11.6 Å². The molecule has 0 aromatic heterocycles. The summed E-state index contributed by atoms with van der Waals surface area (Å²) in [6.07, 6.45) is 1.02. The van der Waals surface area contributed by atoms with Crippen LogP contribution in [0.1, 0.15) is 16.7 Å². The van der Waals surface area contributed by atoms with Crippen molar-refractivity contribution in [1.29, 1.82) is 0 Å². The van der Waals surface area contributed by atoms with Gasteiger partial charge in [0, 0.05) is 13.1 Å². The minimum absolute atomic E-state index is 0.153. The molecule has 0 saturated heterocycles. The summed E-state index contributed by atoms with van der Waals surface area (Å²) < 4.78 is 23.7. The molecule has 0 saturated carbocycles. The molecule has 1 unspecified atom stereocenters. The Morgan fingerprint density at radius 2 is 1.72 bits per heavy atom. The van der Waals surface area contributed by atoms with E-state index in [1.54, 1.807) is 30.3 Å². The molecule has 6 heteroatoms. The summed E-state index contributed by atoms with van der Waals surface area (Å²) >= 11 is 0. The number of hydrogen-bond donors (Lipinski definition) is 2. The largest absolute Gasteiger partial charge is 0.491 e. The third-order valence-electron chi connectivity index (χ3n) is 4.75. The molecule has 0 aliphatic rings. The Balaban J connectivity index is 1.55. The maximum atomic E-state index is 13.2. The zero-order valence-corrected chi connectivity index (χ0v) is 17.8. The highest BCUT2D eigenvalue weighted by atomic mass is 19.1. The Hall–Kier alpha value is -3.48. The molecule has 0 spiro atoms. The molecule has 0 amide bonds. The quantitative estimate of drug-likeness (QED) is 0.286. The van der Waals surface area contributed by atoms with Gasteiger partial charge in [0.1, 0.15) is 24.3 Å². The third kappa shape index (κ3) is 7.04. The number of esters is 1. The zero-order valence-electron chi connectivity index (χ0n) is 17.8. The molecule has 5 nitrogen and oxygen atoms in total. The lowest BCUT2D eigenvalue weighted by atomic mass is 10.0. The Morgan fingerprint density at radius 3 is 2.38 bits per heavy atom. The highest BCUT2D eigenvalue weighted by Crippen LogP contribution is 2.22. The number of aliphatic hydroxyl groups excluding tert-OH is 1. The standard InChI is InChI=1S/C26H26FNO4/c1-31-26(30)25(21-9-11-22(27)12-10-21)15-19-7-13-24(14-8-19)32-18-23(29)17-28-16-20-5-3-2-4-6-20/h2-15,23,28-29H,16-18H2,1H3/b25-15+. The molecule has 1 atom stereocenters. The van der Waals surface area contributed by atoms with Crippen molar-refractivity contribution in [2.75, 3.05) is 20.3 Å². The summed E-state index contributed by atoms with van der Waals surface area (Å²) in [6.45, 7) is 1.24. The average Bonchev–Trinajstić information content (AvgIpc) is 2.83. The van der Waals surface area contributed by atoms with Crippen LogP contribution >= 0.6 is 0 Å². The molecule has 0 bridgehead atoms. The lowest BCUT2D eigenvalue weighted by Gasteiger charge is -2.13. The van der Waals surface area contributed by atoms with Crippen molar-refractivity contribution in [2.24, 2.45) is 0 Å². The maximum absolute atomic E-state index is 13.2. The summed E-state index contributed by atoms with van der Waals surface area (Å²) in [7, 11) is 1.30. The van der Waals surface area contributed by atoms with E-state index in [0.717, 1.165) is 11.1 Å². The van der Waals surface area contributed by atoms with Gasteiger partial charge in [-0.15, -0.1) is 0 Å². The highest BCUT2D eigenvalue weighted by Gasteiger charge is 2.13. The van der Waals surface area contributed by atoms with Crippen LogP contribution in [0.5, 0.6) is 5.75 Å². The van der Waals surface area contributed by atoms with Gasteiger partial charge in [-0.05, 0) is 47.0 Å². The second-order valence-electron chi connectivity index (χ2n) is 7.21. The molecule has 0 fully saturated rings. The van der Waals surface area contributed by atoms with Crippen molar-refractivity contribution < 1.29 is 23.8 Å². The number of hydrogen-bond acceptors (Lipinski definition) is 5. The van der Waals surface area contributed by atoms with E-state index in [9.17, 15) is 14.3 Å². The monoisotopic (exact) mass is 435 g/mol. The summed E-state index contributed by atoms with van der Waals surface area (Å²) in [5.41, 5.74) is 2.79. The van der Waals surface area contributed by atoms with Gasteiger partial charge < -0.3 is 19.9 Å². The van der Waals surface area contributed by atoms with Crippen molar-refractivity contribution in [2.45, 2.75) is 12.6 Å². The van der Waals surface area contributed by atoms with Gasteiger partial charge in [-0.3, -0.25) is 0 Å². The second kappa shape index (κ2) is 11.8. The first-order valence-corrected chi connectivity index (χ1v) is 10.3. The molecule has 2 N–H and O–H groups in total. The smallest absolute Gasteiger partial charge is 0.338 e. The molecular formula is C26H26FNO4. The molecular weight excluding hydrogens is 409 g/mol. The molecule has 0 aliphatic carbocycles. The lowest BCUT2D eigenvalue weighted by molar-refractivity contribution is -0.133. The Bertz CT molecular complexity index is 1020.